The molecule has 0 aliphatic carbocycles. The van der Waals surface area contributed by atoms with Crippen LogP contribution in [0.4, 0.5) is 5.69 Å². The number of hydrogen-bond acceptors (Lipinski definition) is 3. The van der Waals surface area contributed by atoms with Crippen LogP contribution in [0.3, 0.4) is 0 Å². The molecule has 1 N–H and O–H groups in total. The van der Waals surface area contributed by atoms with Crippen molar-refractivity contribution in [1.82, 2.24) is 0 Å². The molecule has 0 saturated heterocycles. The van der Waals surface area contributed by atoms with Crippen LogP contribution in [-0.4, -0.2) is 14.7 Å². The lowest BCUT2D eigenvalue weighted by atomic mass is 9.96. The van der Waals surface area contributed by atoms with E-state index in [0.717, 1.165) is 28.5 Å². The summed E-state index contributed by atoms with van der Waals surface area (Å²) in [5, 5.41) is 0.535. The lowest BCUT2D eigenvalue weighted by Crippen LogP contribution is -2.14. The van der Waals surface area contributed by atoms with Crippen molar-refractivity contribution < 1.29 is 13.2 Å². The first kappa shape index (κ1) is 21.1. The minimum atomic E-state index is -3.76. The van der Waals surface area contributed by atoms with Gasteiger partial charge in [-0.05, 0) is 85.3 Å². The van der Waals surface area contributed by atoms with E-state index in [1.165, 1.54) is 0 Å². The molecule has 0 atom stereocenters. The summed E-state index contributed by atoms with van der Waals surface area (Å²) in [4.78, 5) is 11.4. The van der Waals surface area contributed by atoms with Gasteiger partial charge in [-0.2, -0.15) is 0 Å². The Balaban J connectivity index is 1.99. The number of hydrogen-bond donors (Lipinski definition) is 1. The molecule has 0 saturated carbocycles. The Hall–Kier alpha value is -2.63. The minimum absolute atomic E-state index is 0.201. The highest BCUT2D eigenvalue weighted by Crippen LogP contribution is 2.29. The van der Waals surface area contributed by atoms with Gasteiger partial charge in [0, 0.05) is 16.3 Å². The van der Waals surface area contributed by atoms with E-state index in [4.69, 9.17) is 11.6 Å². The molecule has 6 heteroatoms. The van der Waals surface area contributed by atoms with E-state index in [2.05, 4.69) is 4.72 Å². The van der Waals surface area contributed by atoms with Crippen molar-refractivity contribution in [2.75, 3.05) is 4.72 Å². The van der Waals surface area contributed by atoms with Crippen molar-refractivity contribution in [3.63, 3.8) is 0 Å². The Morgan fingerprint density at radius 3 is 2.10 bits per heavy atom. The fourth-order valence-corrected chi connectivity index (χ4v) is 4.92. The third-order valence-electron chi connectivity index (χ3n) is 4.91. The highest BCUT2D eigenvalue weighted by atomic mass is 35.5. The van der Waals surface area contributed by atoms with Gasteiger partial charge in [0.25, 0.3) is 10.0 Å². The van der Waals surface area contributed by atoms with Crippen LogP contribution in [0.25, 0.3) is 11.1 Å². The second-order valence-corrected chi connectivity index (χ2v) is 9.25. The van der Waals surface area contributed by atoms with Crippen molar-refractivity contribution in [3.8, 4) is 11.1 Å². The summed E-state index contributed by atoms with van der Waals surface area (Å²) >= 11 is 6.09. The molecule has 0 unspecified atom stereocenters. The van der Waals surface area contributed by atoms with Gasteiger partial charge in [-0.1, -0.05) is 35.9 Å². The van der Waals surface area contributed by atoms with Crippen molar-refractivity contribution in [2.45, 2.75) is 32.6 Å². The third-order valence-corrected chi connectivity index (χ3v) is 6.84. The molecule has 0 aliphatic rings. The van der Waals surface area contributed by atoms with Crippen LogP contribution in [0.15, 0.2) is 53.4 Å². The molecule has 0 bridgehead atoms. The molecule has 0 radical (unpaired) electrons. The normalized spacial score (nSPS) is 11.3. The number of carbonyl (C=O) groups excluding carboxylic acids is 1. The van der Waals surface area contributed by atoms with Crippen LogP contribution in [0.1, 0.15) is 32.6 Å². The summed E-state index contributed by atoms with van der Waals surface area (Å²) in [6.07, 6.45) is 0.857. The van der Waals surface area contributed by atoms with Gasteiger partial charge in [0.15, 0.2) is 6.29 Å². The van der Waals surface area contributed by atoms with E-state index in [1.807, 2.05) is 32.0 Å². The van der Waals surface area contributed by atoms with Crippen LogP contribution in [0.5, 0.6) is 0 Å². The standard InChI is InChI=1S/C23H22ClNO3S/c1-14-8-19(9-15(2)21(14)13-26)18-6-5-7-20(12-18)25-29(27,28)23-11-16(3)22(24)10-17(23)4/h5-13,25H,1-4H3. The van der Waals surface area contributed by atoms with E-state index in [0.29, 0.717) is 27.4 Å². The van der Waals surface area contributed by atoms with Gasteiger partial charge >= 0.3 is 0 Å². The van der Waals surface area contributed by atoms with Gasteiger partial charge in [0.2, 0.25) is 0 Å². The van der Waals surface area contributed by atoms with Gasteiger partial charge in [-0.3, -0.25) is 9.52 Å². The Morgan fingerprint density at radius 1 is 0.828 bits per heavy atom. The fourth-order valence-electron chi connectivity index (χ4n) is 3.34. The van der Waals surface area contributed by atoms with E-state index in [1.54, 1.807) is 44.2 Å². The van der Waals surface area contributed by atoms with Crippen LogP contribution in [0, 0.1) is 27.7 Å². The van der Waals surface area contributed by atoms with Crippen LogP contribution in [0.2, 0.25) is 5.02 Å². The maximum absolute atomic E-state index is 12.9. The highest BCUT2D eigenvalue weighted by molar-refractivity contribution is 7.92. The van der Waals surface area contributed by atoms with Crippen LogP contribution >= 0.6 is 11.6 Å². The molecule has 0 fully saturated rings. The summed E-state index contributed by atoms with van der Waals surface area (Å²) in [6.45, 7) is 7.27. The number of benzene rings is 3. The zero-order valence-corrected chi connectivity index (χ0v) is 18.3. The van der Waals surface area contributed by atoms with Gasteiger partial charge in [-0.15, -0.1) is 0 Å². The first-order valence-corrected chi connectivity index (χ1v) is 10.9. The second-order valence-electron chi connectivity index (χ2n) is 7.19. The molecule has 29 heavy (non-hydrogen) atoms. The maximum Gasteiger partial charge on any atom is 0.262 e. The molecule has 0 aromatic heterocycles. The van der Waals surface area contributed by atoms with Crippen LogP contribution < -0.4 is 4.72 Å². The van der Waals surface area contributed by atoms with E-state index < -0.39 is 10.0 Å². The Bertz CT molecular complexity index is 1190. The average Bonchev–Trinajstić information content (AvgIpc) is 2.64. The number of halogens is 1. The highest BCUT2D eigenvalue weighted by Gasteiger charge is 2.19. The lowest BCUT2D eigenvalue weighted by molar-refractivity contribution is 0.112. The quantitative estimate of drug-likeness (QED) is 0.519. The maximum atomic E-state index is 12.9. The largest absolute Gasteiger partial charge is 0.298 e. The molecular formula is C23H22ClNO3S. The summed E-state index contributed by atoms with van der Waals surface area (Å²) < 4.78 is 28.5. The number of carbonyl (C=O) groups is 1. The summed E-state index contributed by atoms with van der Waals surface area (Å²) in [7, 11) is -3.76. The summed E-state index contributed by atoms with van der Waals surface area (Å²) in [5.41, 5.74) is 5.97. The molecular weight excluding hydrogens is 406 g/mol. The number of aldehydes is 1. The minimum Gasteiger partial charge on any atom is -0.298 e. The van der Waals surface area contributed by atoms with Crippen LogP contribution in [-0.2, 0) is 10.0 Å². The molecule has 0 spiro atoms. The molecule has 3 aromatic rings. The van der Waals surface area contributed by atoms with E-state index in [9.17, 15) is 13.2 Å². The number of sulfonamides is 1. The zero-order valence-electron chi connectivity index (χ0n) is 16.7. The number of aryl methyl sites for hydroxylation is 4. The fraction of sp³-hybridized carbons (Fsp3) is 0.174. The predicted octanol–water partition coefficient (Wildman–Crippen LogP) is 5.85. The first-order valence-electron chi connectivity index (χ1n) is 9.09. The summed E-state index contributed by atoms with van der Waals surface area (Å²) in [5.74, 6) is 0. The molecule has 0 amide bonds. The lowest BCUT2D eigenvalue weighted by Gasteiger charge is -2.14. The van der Waals surface area contributed by atoms with Crippen molar-refractivity contribution in [3.05, 3.63) is 81.4 Å². The molecule has 3 aromatic carbocycles. The van der Waals surface area contributed by atoms with Gasteiger partial charge < -0.3 is 0 Å². The van der Waals surface area contributed by atoms with Crippen molar-refractivity contribution >= 4 is 33.6 Å². The molecule has 150 valence electrons. The molecule has 3 rings (SSSR count). The smallest absolute Gasteiger partial charge is 0.262 e. The Morgan fingerprint density at radius 2 is 1.48 bits per heavy atom. The molecule has 0 aliphatic heterocycles. The van der Waals surface area contributed by atoms with Gasteiger partial charge in [0.05, 0.1) is 4.90 Å². The predicted molar refractivity (Wildman–Crippen MR) is 118 cm³/mol. The van der Waals surface area contributed by atoms with E-state index >= 15 is 0 Å². The van der Waals surface area contributed by atoms with Gasteiger partial charge in [0.1, 0.15) is 0 Å². The number of nitrogens with one attached hydrogen (secondary N) is 1. The number of anilines is 1. The van der Waals surface area contributed by atoms with Gasteiger partial charge in [-0.25, -0.2) is 8.42 Å². The second kappa shape index (κ2) is 8.01. The van der Waals surface area contributed by atoms with Crippen molar-refractivity contribution in [2.24, 2.45) is 0 Å². The third kappa shape index (κ3) is 4.36. The SMILES string of the molecule is Cc1cc(S(=O)(=O)Nc2cccc(-c3cc(C)c(C=O)c(C)c3)c2)c(C)cc1Cl. The molecule has 4 nitrogen and oxygen atoms in total. The average molecular weight is 428 g/mol. The Kier molecular flexibility index (Phi) is 5.82. The first-order chi connectivity index (χ1) is 13.6. The Labute approximate surface area is 176 Å². The number of rotatable bonds is 5. The summed E-state index contributed by atoms with van der Waals surface area (Å²) in [6, 6.07) is 14.3. The molecule has 0 heterocycles. The zero-order chi connectivity index (χ0) is 21.3. The van der Waals surface area contributed by atoms with Crippen molar-refractivity contribution in [1.29, 1.82) is 0 Å². The topological polar surface area (TPSA) is 63.2 Å². The monoisotopic (exact) mass is 427 g/mol. The van der Waals surface area contributed by atoms with E-state index in [-0.39, 0.29) is 4.90 Å².